The molecule has 0 bridgehead atoms. The molecule has 0 aromatic heterocycles. The molecule has 1 aromatic rings. The molecule has 20 heavy (non-hydrogen) atoms. The van der Waals surface area contributed by atoms with Crippen LogP contribution >= 0.6 is 0 Å². The van der Waals surface area contributed by atoms with Crippen molar-refractivity contribution in [1.82, 2.24) is 4.90 Å². The normalized spacial score (nSPS) is 33.0. The van der Waals surface area contributed by atoms with E-state index in [4.69, 9.17) is 9.47 Å². The minimum Gasteiger partial charge on any atom is -0.497 e. The van der Waals surface area contributed by atoms with Gasteiger partial charge in [-0.3, -0.25) is 4.90 Å². The van der Waals surface area contributed by atoms with Crippen LogP contribution in [0.2, 0.25) is 0 Å². The molecule has 108 valence electrons. The summed E-state index contributed by atoms with van der Waals surface area (Å²) in [5.41, 5.74) is 0.670. The van der Waals surface area contributed by atoms with Crippen LogP contribution in [0.15, 0.2) is 18.2 Å². The highest BCUT2D eigenvalue weighted by Gasteiger charge is 2.48. The minimum absolute atomic E-state index is 0.191. The molecule has 4 heteroatoms. The van der Waals surface area contributed by atoms with Crippen LogP contribution in [0.25, 0.3) is 0 Å². The number of benzene rings is 1. The number of nitrogens with zero attached hydrogens (tertiary/aromatic N) is 1. The molecular formula is C16H21NO3. The molecule has 2 aliphatic heterocycles. The van der Waals surface area contributed by atoms with Crippen LogP contribution in [-0.4, -0.2) is 41.8 Å². The molecule has 1 saturated heterocycles. The standard InChI is InChI=1S/C16H21NO3/c1-19-12-4-5-15-13(8-12)14(18)9-16(20-15)6-7-17(10-16)11-2-3-11/h4-5,8,11,14,18H,2-3,6-7,9-10H2,1H3/t14-,16?/m0/s1. The van der Waals surface area contributed by atoms with E-state index in [2.05, 4.69) is 4.90 Å². The predicted octanol–water partition coefficient (Wildman–Crippen LogP) is 2.12. The number of likely N-dealkylation sites (tertiary alicyclic amines) is 1. The predicted molar refractivity (Wildman–Crippen MR) is 75.1 cm³/mol. The fourth-order valence-corrected chi connectivity index (χ4v) is 3.62. The summed E-state index contributed by atoms with van der Waals surface area (Å²) in [6.45, 7) is 2.06. The highest BCUT2D eigenvalue weighted by molar-refractivity contribution is 5.44. The molecule has 0 radical (unpaired) electrons. The summed E-state index contributed by atoms with van der Waals surface area (Å²) in [4.78, 5) is 2.53. The number of hydrogen-bond donors (Lipinski definition) is 1. The van der Waals surface area contributed by atoms with E-state index in [-0.39, 0.29) is 5.60 Å². The summed E-state index contributed by atoms with van der Waals surface area (Å²) in [5.74, 6) is 1.59. The van der Waals surface area contributed by atoms with Crippen LogP contribution in [0.5, 0.6) is 11.5 Å². The first-order valence-corrected chi connectivity index (χ1v) is 7.48. The van der Waals surface area contributed by atoms with Gasteiger partial charge in [0.25, 0.3) is 0 Å². The highest BCUT2D eigenvalue weighted by Crippen LogP contribution is 2.46. The van der Waals surface area contributed by atoms with Crippen LogP contribution in [0.4, 0.5) is 0 Å². The Morgan fingerprint density at radius 2 is 2.25 bits per heavy atom. The van der Waals surface area contributed by atoms with Gasteiger partial charge in [0.15, 0.2) is 0 Å². The van der Waals surface area contributed by atoms with Gasteiger partial charge in [0, 0.05) is 37.5 Å². The van der Waals surface area contributed by atoms with Gasteiger partial charge < -0.3 is 14.6 Å². The number of ether oxygens (including phenoxy) is 2. The van der Waals surface area contributed by atoms with Crippen LogP contribution in [0, 0.1) is 0 Å². The van der Waals surface area contributed by atoms with Gasteiger partial charge in [-0.2, -0.15) is 0 Å². The lowest BCUT2D eigenvalue weighted by Gasteiger charge is -2.38. The van der Waals surface area contributed by atoms with E-state index >= 15 is 0 Å². The number of rotatable bonds is 2. The molecule has 1 aromatic carbocycles. The minimum atomic E-state index is -0.451. The molecule has 4 rings (SSSR count). The SMILES string of the molecule is COc1ccc2c(c1)[C@@H](O)CC1(CCN(C3CC3)C1)O2. The van der Waals surface area contributed by atoms with Gasteiger partial charge in [0.05, 0.1) is 13.2 Å². The van der Waals surface area contributed by atoms with Crippen molar-refractivity contribution in [3.05, 3.63) is 23.8 Å². The Bertz CT molecular complexity index is 528. The van der Waals surface area contributed by atoms with Crippen LogP contribution < -0.4 is 9.47 Å². The molecular weight excluding hydrogens is 254 g/mol. The second kappa shape index (κ2) is 4.37. The maximum Gasteiger partial charge on any atom is 0.126 e. The van der Waals surface area contributed by atoms with Gasteiger partial charge in [-0.05, 0) is 31.0 Å². The number of fused-ring (bicyclic) bond motifs is 1. The first-order valence-electron chi connectivity index (χ1n) is 7.48. The summed E-state index contributed by atoms with van der Waals surface area (Å²) in [6.07, 6.45) is 3.91. The molecule has 1 unspecified atom stereocenters. The summed E-state index contributed by atoms with van der Waals surface area (Å²) in [6, 6.07) is 6.49. The number of hydrogen-bond acceptors (Lipinski definition) is 4. The maximum absolute atomic E-state index is 10.5. The van der Waals surface area contributed by atoms with Crippen molar-refractivity contribution in [3.63, 3.8) is 0 Å². The Kier molecular flexibility index (Phi) is 2.72. The lowest BCUT2D eigenvalue weighted by molar-refractivity contribution is -0.00777. The number of aliphatic hydroxyl groups is 1. The summed E-state index contributed by atoms with van der Waals surface area (Å²) in [7, 11) is 1.64. The van der Waals surface area contributed by atoms with E-state index in [1.165, 1.54) is 12.8 Å². The van der Waals surface area contributed by atoms with Gasteiger partial charge in [-0.25, -0.2) is 0 Å². The van der Waals surface area contributed by atoms with Crippen LogP contribution in [0.3, 0.4) is 0 Å². The van der Waals surface area contributed by atoms with Crippen LogP contribution in [0.1, 0.15) is 37.4 Å². The quantitative estimate of drug-likeness (QED) is 0.897. The molecule has 3 aliphatic rings. The molecule has 1 spiro atoms. The fraction of sp³-hybridized carbons (Fsp3) is 0.625. The summed E-state index contributed by atoms with van der Waals surface area (Å²) >= 11 is 0. The van der Waals surface area contributed by atoms with Crippen LogP contribution in [-0.2, 0) is 0 Å². The first-order chi connectivity index (χ1) is 9.69. The Morgan fingerprint density at radius 1 is 1.40 bits per heavy atom. The highest BCUT2D eigenvalue weighted by atomic mass is 16.5. The van der Waals surface area contributed by atoms with Gasteiger partial charge in [0.2, 0.25) is 0 Å². The molecule has 2 atom stereocenters. The second-order valence-electron chi connectivity index (χ2n) is 6.36. The fourth-order valence-electron chi connectivity index (χ4n) is 3.62. The van der Waals surface area contributed by atoms with E-state index in [1.54, 1.807) is 7.11 Å². The first kappa shape index (κ1) is 12.5. The van der Waals surface area contributed by atoms with E-state index in [0.717, 1.165) is 42.6 Å². The zero-order valence-corrected chi connectivity index (χ0v) is 11.8. The third kappa shape index (κ3) is 1.98. The third-order valence-electron chi connectivity index (χ3n) is 4.88. The molecule has 1 aliphatic carbocycles. The van der Waals surface area contributed by atoms with E-state index in [9.17, 15) is 5.11 Å². The molecule has 1 saturated carbocycles. The number of aliphatic hydroxyl groups excluding tert-OH is 1. The number of methoxy groups -OCH3 is 1. The van der Waals surface area contributed by atoms with Crippen molar-refractivity contribution >= 4 is 0 Å². The average molecular weight is 275 g/mol. The molecule has 0 amide bonds. The smallest absolute Gasteiger partial charge is 0.126 e. The summed E-state index contributed by atoms with van der Waals surface area (Å²) < 4.78 is 11.5. The van der Waals surface area contributed by atoms with Gasteiger partial charge in [-0.15, -0.1) is 0 Å². The maximum atomic E-state index is 10.5. The van der Waals surface area contributed by atoms with E-state index in [0.29, 0.717) is 6.42 Å². The average Bonchev–Trinajstić information content (AvgIpc) is 3.22. The molecule has 2 fully saturated rings. The Hall–Kier alpha value is -1.26. The molecule has 1 N–H and O–H groups in total. The van der Waals surface area contributed by atoms with Gasteiger partial charge >= 0.3 is 0 Å². The lowest BCUT2D eigenvalue weighted by Crippen LogP contribution is -2.44. The van der Waals surface area contributed by atoms with Crippen molar-refractivity contribution in [2.75, 3.05) is 20.2 Å². The Balaban J connectivity index is 1.60. The summed E-state index contributed by atoms with van der Waals surface area (Å²) in [5, 5.41) is 10.5. The van der Waals surface area contributed by atoms with E-state index in [1.807, 2.05) is 18.2 Å². The van der Waals surface area contributed by atoms with Gasteiger partial charge in [0.1, 0.15) is 17.1 Å². The third-order valence-corrected chi connectivity index (χ3v) is 4.88. The van der Waals surface area contributed by atoms with Crippen molar-refractivity contribution in [2.24, 2.45) is 0 Å². The molecule has 2 heterocycles. The van der Waals surface area contributed by atoms with Crippen molar-refractivity contribution in [1.29, 1.82) is 0 Å². The Labute approximate surface area is 119 Å². The van der Waals surface area contributed by atoms with Crippen molar-refractivity contribution in [3.8, 4) is 11.5 Å². The zero-order chi connectivity index (χ0) is 13.7. The second-order valence-corrected chi connectivity index (χ2v) is 6.36. The molecule has 4 nitrogen and oxygen atoms in total. The lowest BCUT2D eigenvalue weighted by atomic mass is 9.88. The zero-order valence-electron chi connectivity index (χ0n) is 11.8. The van der Waals surface area contributed by atoms with Crippen molar-refractivity contribution in [2.45, 2.75) is 43.4 Å². The topological polar surface area (TPSA) is 41.9 Å². The monoisotopic (exact) mass is 275 g/mol. The van der Waals surface area contributed by atoms with Gasteiger partial charge in [-0.1, -0.05) is 0 Å². The Morgan fingerprint density at radius 3 is 3.00 bits per heavy atom. The largest absolute Gasteiger partial charge is 0.497 e. The van der Waals surface area contributed by atoms with Crippen molar-refractivity contribution < 1.29 is 14.6 Å². The van der Waals surface area contributed by atoms with E-state index < -0.39 is 6.10 Å².